The molecular weight excluding hydrogens is 610 g/mol. The first-order valence-corrected chi connectivity index (χ1v) is 16.9. The summed E-state index contributed by atoms with van der Waals surface area (Å²) in [5.41, 5.74) is 1.87. The summed E-state index contributed by atoms with van der Waals surface area (Å²) in [4.78, 5) is 32.9. The molecule has 2 atom stereocenters. The number of hydrogen-bond acceptors (Lipinski definition) is 5. The van der Waals surface area contributed by atoms with E-state index in [1.54, 1.807) is 24.3 Å². The molecule has 0 spiro atoms. The fourth-order valence-electron chi connectivity index (χ4n) is 7.27. The van der Waals surface area contributed by atoms with Crippen LogP contribution in [0.3, 0.4) is 0 Å². The Morgan fingerprint density at radius 3 is 2.46 bits per heavy atom. The fourth-order valence-corrected chi connectivity index (χ4v) is 7.44. The Labute approximate surface area is 274 Å². The van der Waals surface area contributed by atoms with E-state index in [-0.39, 0.29) is 28.4 Å². The quantitative estimate of drug-likeness (QED) is 0.270. The van der Waals surface area contributed by atoms with Gasteiger partial charge in [-0.05, 0) is 80.3 Å². The average molecular weight is 653 g/mol. The van der Waals surface area contributed by atoms with E-state index in [0.29, 0.717) is 49.0 Å². The minimum absolute atomic E-state index is 0.143. The zero-order valence-corrected chi connectivity index (χ0v) is 27.6. The van der Waals surface area contributed by atoms with E-state index in [9.17, 15) is 18.4 Å². The van der Waals surface area contributed by atoms with Crippen LogP contribution in [0.2, 0.25) is 5.02 Å². The van der Waals surface area contributed by atoms with Crippen molar-refractivity contribution in [3.63, 3.8) is 0 Å². The topological polar surface area (TPSA) is 74.6 Å². The lowest BCUT2D eigenvalue weighted by atomic mass is 9.75. The summed E-state index contributed by atoms with van der Waals surface area (Å²) in [5.74, 6) is -1.34. The first-order chi connectivity index (χ1) is 22.0. The predicted octanol–water partition coefficient (Wildman–Crippen LogP) is 6.57. The Morgan fingerprint density at radius 2 is 1.72 bits per heavy atom. The van der Waals surface area contributed by atoms with Crippen molar-refractivity contribution in [2.24, 2.45) is 11.3 Å². The van der Waals surface area contributed by atoms with Gasteiger partial charge in [0.05, 0.1) is 22.8 Å². The third kappa shape index (κ3) is 6.69. The molecule has 8 nitrogen and oxygen atoms in total. The third-order valence-electron chi connectivity index (χ3n) is 10.5. The van der Waals surface area contributed by atoms with Gasteiger partial charge in [-0.1, -0.05) is 43.7 Å². The summed E-state index contributed by atoms with van der Waals surface area (Å²) in [6.07, 6.45) is 6.72. The molecule has 2 aromatic carbocycles. The van der Waals surface area contributed by atoms with Crippen molar-refractivity contribution in [1.82, 2.24) is 29.7 Å². The van der Waals surface area contributed by atoms with Crippen LogP contribution in [0.25, 0.3) is 0 Å². The van der Waals surface area contributed by atoms with Crippen molar-refractivity contribution in [3.8, 4) is 0 Å². The number of likely N-dealkylation sites (tertiary alicyclic amines) is 3. The Kier molecular flexibility index (Phi) is 9.48. The molecule has 46 heavy (non-hydrogen) atoms. The monoisotopic (exact) mass is 652 g/mol. The number of amides is 2. The fraction of sp³-hybridized carbons (Fsp3) is 0.543. The minimum atomic E-state index is -0.836. The normalized spacial score (nSPS) is 22.4. The molecule has 0 bridgehead atoms. The minimum Gasteiger partial charge on any atom is -0.338 e. The maximum Gasteiger partial charge on any atom is 0.254 e. The largest absolute Gasteiger partial charge is 0.338 e. The van der Waals surface area contributed by atoms with E-state index in [4.69, 9.17) is 11.6 Å². The first kappa shape index (κ1) is 32.6. The molecule has 3 fully saturated rings. The summed E-state index contributed by atoms with van der Waals surface area (Å²) in [5, 5.41) is 8.70. The van der Waals surface area contributed by atoms with Crippen LogP contribution < -0.4 is 0 Å². The van der Waals surface area contributed by atoms with Crippen molar-refractivity contribution in [2.45, 2.75) is 71.4 Å². The number of piperidine rings is 2. The van der Waals surface area contributed by atoms with Gasteiger partial charge in [0.25, 0.3) is 11.8 Å². The molecule has 0 N–H and O–H groups in total. The predicted molar refractivity (Wildman–Crippen MR) is 173 cm³/mol. The number of rotatable bonds is 7. The van der Waals surface area contributed by atoms with Crippen molar-refractivity contribution in [3.05, 3.63) is 81.6 Å². The van der Waals surface area contributed by atoms with E-state index >= 15 is 0 Å². The molecule has 3 aromatic rings. The van der Waals surface area contributed by atoms with Gasteiger partial charge in [-0.3, -0.25) is 9.59 Å². The van der Waals surface area contributed by atoms with Crippen LogP contribution in [-0.4, -0.2) is 80.8 Å². The molecule has 11 heteroatoms. The van der Waals surface area contributed by atoms with Crippen molar-refractivity contribution < 1.29 is 18.4 Å². The lowest BCUT2D eigenvalue weighted by Crippen LogP contribution is -2.45. The highest BCUT2D eigenvalue weighted by Gasteiger charge is 2.36. The molecule has 3 aliphatic heterocycles. The lowest BCUT2D eigenvalue weighted by Gasteiger charge is -2.43. The molecule has 246 valence electrons. The second-order valence-electron chi connectivity index (χ2n) is 13.9. The van der Waals surface area contributed by atoms with Crippen LogP contribution >= 0.6 is 11.6 Å². The van der Waals surface area contributed by atoms with Crippen LogP contribution in [0.4, 0.5) is 8.78 Å². The van der Waals surface area contributed by atoms with Gasteiger partial charge in [0.1, 0.15) is 11.6 Å². The van der Waals surface area contributed by atoms with Crippen LogP contribution in [0.5, 0.6) is 0 Å². The zero-order valence-electron chi connectivity index (χ0n) is 26.9. The highest BCUT2D eigenvalue weighted by atomic mass is 35.5. The Hall–Kier alpha value is -3.37. The average Bonchev–Trinajstić information content (AvgIpc) is 3.73. The van der Waals surface area contributed by atoms with Gasteiger partial charge >= 0.3 is 0 Å². The maximum absolute atomic E-state index is 14.8. The van der Waals surface area contributed by atoms with Gasteiger partial charge in [0.15, 0.2) is 0 Å². The smallest absolute Gasteiger partial charge is 0.254 e. The van der Waals surface area contributed by atoms with Gasteiger partial charge in [-0.15, -0.1) is 5.10 Å². The van der Waals surface area contributed by atoms with E-state index < -0.39 is 17.7 Å². The van der Waals surface area contributed by atoms with Gasteiger partial charge in [0, 0.05) is 62.0 Å². The molecule has 0 radical (unpaired) electrons. The highest BCUT2D eigenvalue weighted by molar-refractivity contribution is 6.30. The van der Waals surface area contributed by atoms with E-state index in [1.807, 2.05) is 9.58 Å². The molecule has 3 aliphatic rings. The first-order valence-electron chi connectivity index (χ1n) is 16.5. The summed E-state index contributed by atoms with van der Waals surface area (Å²) in [7, 11) is 0. The molecule has 0 saturated carbocycles. The van der Waals surface area contributed by atoms with Crippen LogP contribution in [0, 0.1) is 23.0 Å². The number of carbonyl (C=O) groups excluding carboxylic acids is 2. The number of aromatic nitrogens is 3. The molecule has 2 amide bonds. The van der Waals surface area contributed by atoms with Gasteiger partial charge in [-0.25, -0.2) is 13.5 Å². The zero-order chi connectivity index (χ0) is 32.6. The highest BCUT2D eigenvalue weighted by Crippen LogP contribution is 2.38. The summed E-state index contributed by atoms with van der Waals surface area (Å²) in [6, 6.07) is 8.33. The molecular formula is C35H43ClF2N6O2. The lowest BCUT2D eigenvalue weighted by molar-refractivity contribution is 0.0655. The van der Waals surface area contributed by atoms with Crippen molar-refractivity contribution in [2.75, 3.05) is 39.3 Å². The van der Waals surface area contributed by atoms with E-state index in [0.717, 1.165) is 56.6 Å². The van der Waals surface area contributed by atoms with Crippen molar-refractivity contribution in [1.29, 1.82) is 0 Å². The van der Waals surface area contributed by atoms with Gasteiger partial charge in [0.2, 0.25) is 0 Å². The van der Waals surface area contributed by atoms with Crippen LogP contribution in [-0.2, 0) is 6.42 Å². The van der Waals surface area contributed by atoms with Crippen molar-refractivity contribution >= 4 is 23.4 Å². The molecule has 0 aliphatic carbocycles. The standard InChI is InChI=1S/C35H43ClF2N6O2/c1-23-11-16-41(22-35(23,2)3)17-12-26-21-44(40-39-26)27-13-18-42(19-14-27)33(45)24-6-4-7-25(20-24)34(46)43-15-5-8-30(43)31-29(37)10-9-28(36)32(31)38/h4,6-7,9-10,20-21,23,27,30H,5,8,11-19,22H2,1-3H3. The summed E-state index contributed by atoms with van der Waals surface area (Å²) < 4.78 is 31.5. The summed E-state index contributed by atoms with van der Waals surface area (Å²) >= 11 is 5.94. The van der Waals surface area contributed by atoms with E-state index in [1.165, 1.54) is 17.4 Å². The Balaban J connectivity index is 1.05. The SMILES string of the molecule is CC1CCN(CCc2cn(C3CCN(C(=O)c4cccc(C(=O)N5CCCC5c5c(F)ccc(Cl)c5F)c4)CC3)nn2)CC1(C)C. The molecule has 3 saturated heterocycles. The Morgan fingerprint density at radius 1 is 0.978 bits per heavy atom. The van der Waals surface area contributed by atoms with Crippen LogP contribution in [0.15, 0.2) is 42.6 Å². The molecule has 4 heterocycles. The number of benzene rings is 2. The molecule has 1 aromatic heterocycles. The van der Waals surface area contributed by atoms with Gasteiger partial charge < -0.3 is 14.7 Å². The van der Waals surface area contributed by atoms with E-state index in [2.05, 4.69) is 42.2 Å². The summed E-state index contributed by atoms with van der Waals surface area (Å²) in [6.45, 7) is 11.8. The van der Waals surface area contributed by atoms with Gasteiger partial charge in [-0.2, -0.15) is 0 Å². The second-order valence-corrected chi connectivity index (χ2v) is 14.3. The number of carbonyl (C=O) groups is 2. The number of halogens is 3. The third-order valence-corrected chi connectivity index (χ3v) is 10.8. The van der Waals surface area contributed by atoms with Crippen LogP contribution in [0.1, 0.15) is 96.9 Å². The second kappa shape index (κ2) is 13.4. The Bertz CT molecular complexity index is 1590. The molecule has 6 rings (SSSR count). The number of hydrogen-bond donors (Lipinski definition) is 0. The maximum atomic E-state index is 14.8. The number of nitrogens with zero attached hydrogens (tertiary/aromatic N) is 6. The molecule has 2 unspecified atom stereocenters.